The summed E-state index contributed by atoms with van der Waals surface area (Å²) in [6.45, 7) is 7.82. The number of hydrogen-bond acceptors (Lipinski definition) is 4. The van der Waals surface area contributed by atoms with Crippen molar-refractivity contribution in [1.29, 1.82) is 0 Å². The van der Waals surface area contributed by atoms with E-state index in [4.69, 9.17) is 4.74 Å². The summed E-state index contributed by atoms with van der Waals surface area (Å²) in [7, 11) is 0. The van der Waals surface area contributed by atoms with Gasteiger partial charge in [0, 0.05) is 12.6 Å². The van der Waals surface area contributed by atoms with Gasteiger partial charge in [0.1, 0.15) is 11.9 Å². The Bertz CT molecular complexity index is 395. The Balaban J connectivity index is 2.41. The highest BCUT2D eigenvalue weighted by Gasteiger charge is 2.20. The fourth-order valence-electron chi connectivity index (χ4n) is 1.58. The Morgan fingerprint density at radius 1 is 1.56 bits per heavy atom. The SMILES string of the molecule is C=C/C=C\C=C(/C)CC1NC=C(C(=O)OCC)N1. The van der Waals surface area contributed by atoms with E-state index in [-0.39, 0.29) is 12.1 Å². The van der Waals surface area contributed by atoms with Gasteiger partial charge in [-0.1, -0.05) is 36.5 Å². The van der Waals surface area contributed by atoms with Crippen molar-refractivity contribution in [3.63, 3.8) is 0 Å². The van der Waals surface area contributed by atoms with E-state index in [1.807, 2.05) is 25.2 Å². The Morgan fingerprint density at radius 3 is 3.00 bits per heavy atom. The third-order valence-electron chi connectivity index (χ3n) is 2.41. The van der Waals surface area contributed by atoms with E-state index in [0.29, 0.717) is 12.3 Å². The number of carbonyl (C=O) groups excluding carboxylic acids is 1. The Labute approximate surface area is 108 Å². The monoisotopic (exact) mass is 248 g/mol. The normalized spacial score (nSPS) is 19.1. The molecule has 0 spiro atoms. The van der Waals surface area contributed by atoms with Gasteiger partial charge in [-0.15, -0.1) is 0 Å². The predicted molar refractivity (Wildman–Crippen MR) is 72.5 cm³/mol. The molecule has 1 atom stereocenters. The average Bonchev–Trinajstić information content (AvgIpc) is 2.78. The van der Waals surface area contributed by atoms with E-state index in [0.717, 1.165) is 6.42 Å². The van der Waals surface area contributed by atoms with Gasteiger partial charge in [0.05, 0.1) is 6.61 Å². The number of esters is 1. The van der Waals surface area contributed by atoms with E-state index in [1.54, 1.807) is 19.2 Å². The van der Waals surface area contributed by atoms with Crippen LogP contribution in [0.2, 0.25) is 0 Å². The first kappa shape index (κ1) is 14.1. The minimum absolute atomic E-state index is 0.0396. The fraction of sp³-hybridized carbons (Fsp3) is 0.357. The van der Waals surface area contributed by atoms with Crippen LogP contribution in [0, 0.1) is 0 Å². The van der Waals surface area contributed by atoms with Crippen LogP contribution in [-0.4, -0.2) is 18.7 Å². The maximum absolute atomic E-state index is 11.5. The molecule has 0 aromatic carbocycles. The van der Waals surface area contributed by atoms with Crippen LogP contribution >= 0.6 is 0 Å². The van der Waals surface area contributed by atoms with Gasteiger partial charge in [-0.05, 0) is 13.8 Å². The van der Waals surface area contributed by atoms with E-state index in [9.17, 15) is 4.79 Å². The second kappa shape index (κ2) is 7.37. The molecule has 0 amide bonds. The minimum atomic E-state index is -0.319. The highest BCUT2D eigenvalue weighted by Crippen LogP contribution is 2.09. The first-order valence-corrected chi connectivity index (χ1v) is 6.02. The maximum Gasteiger partial charge on any atom is 0.355 e. The molecule has 4 heteroatoms. The average molecular weight is 248 g/mol. The van der Waals surface area contributed by atoms with Crippen molar-refractivity contribution >= 4 is 5.97 Å². The molecule has 4 nitrogen and oxygen atoms in total. The number of ether oxygens (including phenoxy) is 1. The third kappa shape index (κ3) is 4.49. The highest BCUT2D eigenvalue weighted by molar-refractivity contribution is 5.88. The molecule has 0 bridgehead atoms. The van der Waals surface area contributed by atoms with Gasteiger partial charge in [0.2, 0.25) is 0 Å². The molecule has 0 radical (unpaired) electrons. The molecule has 1 unspecified atom stereocenters. The summed E-state index contributed by atoms with van der Waals surface area (Å²) in [4.78, 5) is 11.5. The molecule has 1 rings (SSSR count). The zero-order chi connectivity index (χ0) is 13.4. The van der Waals surface area contributed by atoms with Crippen molar-refractivity contribution in [2.75, 3.05) is 6.61 Å². The van der Waals surface area contributed by atoms with Crippen LogP contribution in [0.3, 0.4) is 0 Å². The number of nitrogens with one attached hydrogen (secondary N) is 2. The number of hydrogen-bond donors (Lipinski definition) is 2. The molecule has 1 aliphatic heterocycles. The molecule has 0 aliphatic carbocycles. The second-order valence-electron chi connectivity index (χ2n) is 3.98. The third-order valence-corrected chi connectivity index (χ3v) is 2.41. The Hall–Kier alpha value is -1.97. The standard InChI is InChI=1S/C14H20N2O2/c1-4-6-7-8-11(3)9-13-15-10-12(16-13)14(17)18-5-2/h4,6-8,10,13,15-16H,1,5,9H2,2-3H3/b7-6-,11-8+. The number of rotatable bonds is 6. The van der Waals surface area contributed by atoms with E-state index in [1.165, 1.54) is 5.57 Å². The lowest BCUT2D eigenvalue weighted by Crippen LogP contribution is -2.33. The fourth-order valence-corrected chi connectivity index (χ4v) is 1.58. The largest absolute Gasteiger partial charge is 0.461 e. The molecule has 0 fully saturated rings. The highest BCUT2D eigenvalue weighted by atomic mass is 16.5. The van der Waals surface area contributed by atoms with Crippen molar-refractivity contribution in [2.24, 2.45) is 0 Å². The van der Waals surface area contributed by atoms with Gasteiger partial charge in [0.15, 0.2) is 0 Å². The van der Waals surface area contributed by atoms with E-state index < -0.39 is 0 Å². The first-order chi connectivity index (χ1) is 8.67. The van der Waals surface area contributed by atoms with Gasteiger partial charge >= 0.3 is 5.97 Å². The van der Waals surface area contributed by atoms with Crippen molar-refractivity contribution < 1.29 is 9.53 Å². The summed E-state index contributed by atoms with van der Waals surface area (Å²) in [5.41, 5.74) is 1.69. The molecular formula is C14H20N2O2. The van der Waals surface area contributed by atoms with Gasteiger partial charge in [-0.2, -0.15) is 0 Å². The lowest BCUT2D eigenvalue weighted by molar-refractivity contribution is -0.138. The summed E-state index contributed by atoms with van der Waals surface area (Å²) >= 11 is 0. The van der Waals surface area contributed by atoms with Crippen LogP contribution in [0.1, 0.15) is 20.3 Å². The van der Waals surface area contributed by atoms with Gasteiger partial charge in [-0.3, -0.25) is 0 Å². The first-order valence-electron chi connectivity index (χ1n) is 6.02. The van der Waals surface area contributed by atoms with Gasteiger partial charge in [-0.25, -0.2) is 4.79 Å². The topological polar surface area (TPSA) is 50.4 Å². The second-order valence-corrected chi connectivity index (χ2v) is 3.98. The molecule has 0 saturated heterocycles. The number of allylic oxidation sites excluding steroid dienone is 4. The van der Waals surface area contributed by atoms with E-state index in [2.05, 4.69) is 17.2 Å². The number of carbonyl (C=O) groups is 1. The Kier molecular flexibility index (Phi) is 5.77. The molecule has 18 heavy (non-hydrogen) atoms. The lowest BCUT2D eigenvalue weighted by atomic mass is 10.1. The van der Waals surface area contributed by atoms with Crippen molar-refractivity contribution in [3.05, 3.63) is 48.4 Å². The molecule has 2 N–H and O–H groups in total. The summed E-state index contributed by atoms with van der Waals surface area (Å²) in [5.74, 6) is -0.319. The van der Waals surface area contributed by atoms with Crippen LogP contribution in [-0.2, 0) is 9.53 Å². The van der Waals surface area contributed by atoms with Crippen molar-refractivity contribution in [1.82, 2.24) is 10.6 Å². The zero-order valence-corrected chi connectivity index (χ0v) is 10.9. The van der Waals surface area contributed by atoms with Crippen LogP contribution in [0.4, 0.5) is 0 Å². The van der Waals surface area contributed by atoms with Gasteiger partial charge in [0.25, 0.3) is 0 Å². The quantitative estimate of drug-likeness (QED) is 0.557. The predicted octanol–water partition coefficient (Wildman–Crippen LogP) is 1.99. The molecule has 0 aromatic rings. The van der Waals surface area contributed by atoms with Crippen molar-refractivity contribution in [3.8, 4) is 0 Å². The molecule has 0 aromatic heterocycles. The molecule has 1 heterocycles. The zero-order valence-electron chi connectivity index (χ0n) is 10.9. The van der Waals surface area contributed by atoms with E-state index >= 15 is 0 Å². The van der Waals surface area contributed by atoms with Crippen molar-refractivity contribution in [2.45, 2.75) is 26.4 Å². The summed E-state index contributed by atoms with van der Waals surface area (Å²) in [5, 5.41) is 6.20. The van der Waals surface area contributed by atoms with Crippen LogP contribution in [0.15, 0.2) is 48.4 Å². The smallest absolute Gasteiger partial charge is 0.355 e. The molecule has 1 aliphatic rings. The van der Waals surface area contributed by atoms with Gasteiger partial charge < -0.3 is 15.4 Å². The summed E-state index contributed by atoms with van der Waals surface area (Å²) in [6, 6.07) is 0. The molecule has 0 saturated carbocycles. The molecule has 98 valence electrons. The summed E-state index contributed by atoms with van der Waals surface area (Å²) in [6.07, 6.45) is 10.1. The lowest BCUT2D eigenvalue weighted by Gasteiger charge is -2.13. The summed E-state index contributed by atoms with van der Waals surface area (Å²) < 4.78 is 4.91. The molecular weight excluding hydrogens is 228 g/mol. The van der Waals surface area contributed by atoms with Crippen LogP contribution < -0.4 is 10.6 Å². The van der Waals surface area contributed by atoms with Crippen LogP contribution in [0.25, 0.3) is 0 Å². The Morgan fingerprint density at radius 2 is 2.33 bits per heavy atom. The minimum Gasteiger partial charge on any atom is -0.461 e. The van der Waals surface area contributed by atoms with Crippen LogP contribution in [0.5, 0.6) is 0 Å². The maximum atomic E-state index is 11.5.